The van der Waals surface area contributed by atoms with E-state index in [2.05, 4.69) is 5.32 Å². The van der Waals surface area contributed by atoms with Crippen molar-refractivity contribution in [3.63, 3.8) is 0 Å². The third-order valence-electron chi connectivity index (χ3n) is 6.13. The lowest BCUT2D eigenvalue weighted by atomic mass is 10.1. The molecule has 0 radical (unpaired) electrons. The number of hydrogen-bond donors (Lipinski definition) is 1. The molecule has 9 heteroatoms. The van der Waals surface area contributed by atoms with E-state index in [1.807, 2.05) is 44.2 Å². The number of hydrogen-bond acceptors (Lipinski definition) is 6. The predicted octanol–water partition coefficient (Wildman–Crippen LogP) is 5.75. The highest BCUT2D eigenvalue weighted by Gasteiger charge is 2.39. The Bertz CT molecular complexity index is 1420. The van der Waals surface area contributed by atoms with E-state index in [0.29, 0.717) is 17.8 Å². The van der Waals surface area contributed by atoms with Gasteiger partial charge in [-0.15, -0.1) is 0 Å². The van der Waals surface area contributed by atoms with Gasteiger partial charge in [0.05, 0.1) is 17.9 Å². The zero-order valence-electron chi connectivity index (χ0n) is 21.6. The number of para-hydroxylation sites is 1. The molecule has 1 aliphatic heterocycles. The molecule has 3 amide bonds. The van der Waals surface area contributed by atoms with Crippen LogP contribution >= 0.6 is 11.6 Å². The van der Waals surface area contributed by atoms with Crippen molar-refractivity contribution in [3.8, 4) is 0 Å². The van der Waals surface area contributed by atoms with E-state index in [1.54, 1.807) is 47.4 Å². The Balaban J connectivity index is 1.48. The first kappa shape index (κ1) is 27.6. The number of amides is 3. The summed E-state index contributed by atoms with van der Waals surface area (Å²) in [4.78, 5) is 54.1. The zero-order chi connectivity index (χ0) is 27.9. The Kier molecular flexibility index (Phi) is 8.78. The minimum absolute atomic E-state index is 0.101. The molecule has 39 heavy (non-hydrogen) atoms. The number of esters is 1. The zero-order valence-corrected chi connectivity index (χ0v) is 22.4. The van der Waals surface area contributed by atoms with Gasteiger partial charge in [-0.1, -0.05) is 49.2 Å². The molecule has 0 unspecified atom stereocenters. The molecule has 0 fully saturated rings. The molecule has 8 nitrogen and oxygen atoms in total. The lowest BCUT2D eigenvalue weighted by molar-refractivity contribution is -0.120. The summed E-state index contributed by atoms with van der Waals surface area (Å²) >= 11 is 6.27. The van der Waals surface area contributed by atoms with Crippen LogP contribution in [0.5, 0.6) is 0 Å². The minimum Gasteiger partial charge on any atom is -0.462 e. The maximum Gasteiger partial charge on any atom is 0.338 e. The van der Waals surface area contributed by atoms with Gasteiger partial charge in [0.15, 0.2) is 0 Å². The lowest BCUT2D eigenvalue weighted by Gasteiger charge is -2.21. The average Bonchev–Trinajstić information content (AvgIpc) is 3.17. The molecule has 0 aliphatic carbocycles. The van der Waals surface area contributed by atoms with E-state index in [1.165, 1.54) is 6.07 Å². The number of nitrogens with zero attached hydrogens (tertiary/aromatic N) is 2. The Morgan fingerprint density at radius 3 is 2.28 bits per heavy atom. The van der Waals surface area contributed by atoms with Crippen molar-refractivity contribution in [1.29, 1.82) is 0 Å². The molecule has 0 bridgehead atoms. The summed E-state index contributed by atoms with van der Waals surface area (Å²) in [5, 5.41) is 2.62. The molecular formula is C30H28ClN3O5. The summed E-state index contributed by atoms with van der Waals surface area (Å²) in [7, 11) is 0. The minimum atomic E-state index is -0.714. The first-order valence-electron chi connectivity index (χ1n) is 12.7. The van der Waals surface area contributed by atoms with Crippen molar-refractivity contribution >= 4 is 52.4 Å². The van der Waals surface area contributed by atoms with Crippen LogP contribution in [0.3, 0.4) is 0 Å². The van der Waals surface area contributed by atoms with Crippen LogP contribution in [0.15, 0.2) is 89.6 Å². The summed E-state index contributed by atoms with van der Waals surface area (Å²) in [5.41, 5.74) is 2.04. The topological polar surface area (TPSA) is 96.0 Å². The smallest absolute Gasteiger partial charge is 0.338 e. The number of carbonyl (C=O) groups is 4. The number of ether oxygens (including phenoxy) is 1. The van der Waals surface area contributed by atoms with Crippen LogP contribution in [0.2, 0.25) is 0 Å². The molecule has 200 valence electrons. The highest BCUT2D eigenvalue weighted by atomic mass is 35.5. The molecule has 0 saturated heterocycles. The average molecular weight is 546 g/mol. The third-order valence-corrected chi connectivity index (χ3v) is 6.48. The second-order valence-electron chi connectivity index (χ2n) is 8.76. The van der Waals surface area contributed by atoms with Gasteiger partial charge in [0.1, 0.15) is 10.7 Å². The van der Waals surface area contributed by atoms with Crippen LogP contribution in [-0.4, -0.2) is 36.8 Å². The second kappa shape index (κ2) is 12.4. The van der Waals surface area contributed by atoms with Crippen molar-refractivity contribution in [2.45, 2.75) is 26.7 Å². The number of carbonyl (C=O) groups excluding carboxylic acids is 4. The molecule has 1 heterocycles. The highest BCUT2D eigenvalue weighted by molar-refractivity contribution is 6.53. The van der Waals surface area contributed by atoms with Gasteiger partial charge < -0.3 is 15.0 Å². The summed E-state index contributed by atoms with van der Waals surface area (Å²) in [6, 6.07) is 22.0. The summed E-state index contributed by atoms with van der Waals surface area (Å²) in [5.74, 6) is -2.08. The fourth-order valence-corrected chi connectivity index (χ4v) is 4.27. The van der Waals surface area contributed by atoms with Crippen LogP contribution in [0.25, 0.3) is 0 Å². The van der Waals surface area contributed by atoms with Crippen molar-refractivity contribution < 1.29 is 23.9 Å². The van der Waals surface area contributed by atoms with Crippen molar-refractivity contribution in [1.82, 2.24) is 0 Å². The maximum absolute atomic E-state index is 13.2. The van der Waals surface area contributed by atoms with Gasteiger partial charge >= 0.3 is 5.97 Å². The first-order chi connectivity index (χ1) is 18.8. The van der Waals surface area contributed by atoms with Gasteiger partial charge in [-0.05, 0) is 67.9 Å². The summed E-state index contributed by atoms with van der Waals surface area (Å²) in [6.07, 6.45) is 1.62. The number of anilines is 3. The molecule has 3 aromatic rings. The highest BCUT2D eigenvalue weighted by Crippen LogP contribution is 2.31. The van der Waals surface area contributed by atoms with Crippen LogP contribution in [-0.2, 0) is 14.3 Å². The van der Waals surface area contributed by atoms with Gasteiger partial charge in [0, 0.05) is 23.5 Å². The van der Waals surface area contributed by atoms with Gasteiger partial charge in [-0.25, -0.2) is 9.69 Å². The molecule has 1 aliphatic rings. The number of unbranched alkanes of at least 4 members (excludes halogenated alkanes) is 1. The van der Waals surface area contributed by atoms with E-state index >= 15 is 0 Å². The molecule has 0 spiro atoms. The van der Waals surface area contributed by atoms with Gasteiger partial charge in [-0.3, -0.25) is 14.4 Å². The second-order valence-corrected chi connectivity index (χ2v) is 9.14. The van der Waals surface area contributed by atoms with E-state index < -0.39 is 17.8 Å². The van der Waals surface area contributed by atoms with Crippen molar-refractivity contribution in [2.24, 2.45) is 0 Å². The number of nitrogens with one attached hydrogen (secondary N) is 1. The molecule has 0 atom stereocenters. The molecule has 1 N–H and O–H groups in total. The Hall–Kier alpha value is -4.43. The quantitative estimate of drug-likeness (QED) is 0.198. The largest absolute Gasteiger partial charge is 0.462 e. The monoisotopic (exact) mass is 545 g/mol. The van der Waals surface area contributed by atoms with E-state index in [4.69, 9.17) is 16.3 Å². The maximum atomic E-state index is 13.2. The fraction of sp³-hybridized carbons (Fsp3) is 0.200. The first-order valence-corrected chi connectivity index (χ1v) is 13.0. The van der Waals surface area contributed by atoms with Crippen molar-refractivity contribution in [3.05, 3.63) is 101 Å². The standard InChI is InChI=1S/C30H28ClN3O5/c1-3-5-18-39-30(38)21-10-9-13-24(19-21)34-28(36)25(31)26(29(34)37)32-22-16-14-20(15-17-22)27(35)33(4-2)23-11-7-6-8-12-23/h6-17,19,32H,3-5,18H2,1-2H3. The third kappa shape index (κ3) is 6.02. The van der Waals surface area contributed by atoms with E-state index in [9.17, 15) is 19.2 Å². The van der Waals surface area contributed by atoms with Crippen molar-refractivity contribution in [2.75, 3.05) is 28.3 Å². The van der Waals surface area contributed by atoms with E-state index in [-0.39, 0.29) is 34.5 Å². The van der Waals surface area contributed by atoms with E-state index in [0.717, 1.165) is 23.4 Å². The molecule has 0 saturated carbocycles. The summed E-state index contributed by atoms with van der Waals surface area (Å²) < 4.78 is 5.23. The fourth-order valence-electron chi connectivity index (χ4n) is 4.06. The Morgan fingerprint density at radius 1 is 0.897 bits per heavy atom. The van der Waals surface area contributed by atoms with Gasteiger partial charge in [-0.2, -0.15) is 0 Å². The molecule has 0 aromatic heterocycles. The number of rotatable bonds is 10. The lowest BCUT2D eigenvalue weighted by Crippen LogP contribution is -2.32. The van der Waals surface area contributed by atoms with Crippen LogP contribution in [0, 0.1) is 0 Å². The number of halogens is 1. The normalized spacial score (nSPS) is 13.1. The van der Waals surface area contributed by atoms with Crippen LogP contribution < -0.4 is 15.1 Å². The number of imide groups is 1. The Labute approximate surface area is 231 Å². The molecule has 3 aromatic carbocycles. The summed E-state index contributed by atoms with van der Waals surface area (Å²) in [6.45, 7) is 4.67. The number of benzene rings is 3. The van der Waals surface area contributed by atoms with Gasteiger partial charge in [0.2, 0.25) is 0 Å². The SMILES string of the molecule is CCCCOC(=O)c1cccc(N2C(=O)C(Cl)=C(Nc3ccc(C(=O)N(CC)c4ccccc4)cc3)C2=O)c1. The predicted molar refractivity (Wildman–Crippen MR) is 151 cm³/mol. The van der Waals surface area contributed by atoms with Crippen LogP contribution in [0.1, 0.15) is 47.4 Å². The molecular weight excluding hydrogens is 518 g/mol. The van der Waals surface area contributed by atoms with Gasteiger partial charge in [0.25, 0.3) is 17.7 Å². The molecule has 4 rings (SSSR count). The van der Waals surface area contributed by atoms with Crippen LogP contribution in [0.4, 0.5) is 17.1 Å². The Morgan fingerprint density at radius 2 is 1.62 bits per heavy atom.